The number of amides is 1. The van der Waals surface area contributed by atoms with E-state index in [1.54, 1.807) is 56.3 Å². The predicted octanol–water partition coefficient (Wildman–Crippen LogP) is 4.29. The zero-order chi connectivity index (χ0) is 26.7. The molecule has 1 amide bonds. The average Bonchev–Trinajstić information content (AvgIpc) is 3.18. The van der Waals surface area contributed by atoms with Crippen LogP contribution in [0.15, 0.2) is 72.6 Å². The third-order valence-corrected chi connectivity index (χ3v) is 5.83. The van der Waals surface area contributed by atoms with Crippen molar-refractivity contribution in [3.63, 3.8) is 0 Å². The van der Waals surface area contributed by atoms with Gasteiger partial charge in [-0.15, -0.1) is 0 Å². The van der Waals surface area contributed by atoms with Crippen molar-refractivity contribution in [3.05, 3.63) is 89.3 Å². The number of carbonyl (C=O) groups excluding carboxylic acids is 3. The molecule has 3 aromatic rings. The second-order valence-electron chi connectivity index (χ2n) is 8.52. The number of nitrogens with zero attached hydrogens (tertiary/aromatic N) is 2. The molecule has 1 fully saturated rings. The molecule has 2 aromatic carbocycles. The molecule has 0 bridgehead atoms. The number of hydrogen-bond acceptors (Lipinski definition) is 8. The summed E-state index contributed by atoms with van der Waals surface area (Å²) in [5, 5.41) is 11.4. The van der Waals surface area contributed by atoms with Crippen LogP contribution < -0.4 is 14.4 Å². The molecule has 1 aromatic heterocycles. The summed E-state index contributed by atoms with van der Waals surface area (Å²) in [5.74, 6) is -2.02. The van der Waals surface area contributed by atoms with Gasteiger partial charge in [-0.05, 0) is 67.9 Å². The Hall–Kier alpha value is -4.66. The van der Waals surface area contributed by atoms with Crippen LogP contribution in [0.5, 0.6) is 11.5 Å². The summed E-state index contributed by atoms with van der Waals surface area (Å²) in [6.07, 6.45) is 2.72. The zero-order valence-electron chi connectivity index (χ0n) is 20.8. The highest BCUT2D eigenvalue weighted by atomic mass is 16.5. The number of anilines is 1. The largest absolute Gasteiger partial charge is 0.507 e. The van der Waals surface area contributed by atoms with E-state index in [0.29, 0.717) is 17.0 Å². The van der Waals surface area contributed by atoms with E-state index in [2.05, 4.69) is 4.98 Å². The number of pyridine rings is 1. The summed E-state index contributed by atoms with van der Waals surface area (Å²) >= 11 is 0. The first-order chi connectivity index (χ1) is 17.8. The average molecular weight is 503 g/mol. The van der Waals surface area contributed by atoms with E-state index in [-0.39, 0.29) is 28.6 Å². The maximum absolute atomic E-state index is 13.4. The van der Waals surface area contributed by atoms with Crippen LogP contribution in [-0.2, 0) is 14.3 Å². The van der Waals surface area contributed by atoms with Gasteiger partial charge in [0.2, 0.25) is 0 Å². The lowest BCUT2D eigenvalue weighted by molar-refractivity contribution is -0.132. The Morgan fingerprint density at radius 1 is 1.00 bits per heavy atom. The van der Waals surface area contributed by atoms with E-state index in [9.17, 15) is 19.5 Å². The Morgan fingerprint density at radius 2 is 1.73 bits per heavy atom. The number of ether oxygens (including phenoxy) is 3. The monoisotopic (exact) mass is 502 g/mol. The molecule has 37 heavy (non-hydrogen) atoms. The molecule has 0 spiro atoms. The Labute approximate surface area is 213 Å². The summed E-state index contributed by atoms with van der Waals surface area (Å²) in [6, 6.07) is 13.3. The summed E-state index contributed by atoms with van der Waals surface area (Å²) in [6.45, 7) is 3.47. The first-order valence-corrected chi connectivity index (χ1v) is 11.5. The predicted molar refractivity (Wildman–Crippen MR) is 136 cm³/mol. The smallest absolute Gasteiger partial charge is 0.338 e. The molecule has 1 unspecified atom stereocenters. The fourth-order valence-corrected chi connectivity index (χ4v) is 4.17. The van der Waals surface area contributed by atoms with Crippen LogP contribution in [0.1, 0.15) is 41.4 Å². The Balaban J connectivity index is 1.92. The van der Waals surface area contributed by atoms with Crippen LogP contribution in [0.2, 0.25) is 0 Å². The van der Waals surface area contributed by atoms with Crippen LogP contribution in [0, 0.1) is 0 Å². The van der Waals surface area contributed by atoms with Crippen molar-refractivity contribution in [2.45, 2.75) is 26.0 Å². The molecule has 0 radical (unpaired) electrons. The van der Waals surface area contributed by atoms with Gasteiger partial charge in [0.1, 0.15) is 17.3 Å². The number of carbonyl (C=O) groups is 3. The van der Waals surface area contributed by atoms with Gasteiger partial charge in [-0.1, -0.05) is 6.07 Å². The molecule has 1 saturated heterocycles. The van der Waals surface area contributed by atoms with Crippen molar-refractivity contribution in [3.8, 4) is 11.5 Å². The van der Waals surface area contributed by atoms with Crippen LogP contribution in [0.25, 0.3) is 5.76 Å². The van der Waals surface area contributed by atoms with Crippen molar-refractivity contribution in [2.75, 3.05) is 19.1 Å². The summed E-state index contributed by atoms with van der Waals surface area (Å²) < 4.78 is 16.0. The molecule has 9 nitrogen and oxygen atoms in total. The summed E-state index contributed by atoms with van der Waals surface area (Å²) in [5.41, 5.74) is 1.09. The van der Waals surface area contributed by atoms with Gasteiger partial charge in [0.05, 0.1) is 43.1 Å². The molecular weight excluding hydrogens is 476 g/mol. The molecule has 2 heterocycles. The van der Waals surface area contributed by atoms with E-state index in [0.717, 1.165) is 0 Å². The first-order valence-electron chi connectivity index (χ1n) is 11.5. The number of ketones is 1. The van der Waals surface area contributed by atoms with E-state index in [4.69, 9.17) is 14.2 Å². The van der Waals surface area contributed by atoms with Crippen LogP contribution in [0.4, 0.5) is 5.69 Å². The van der Waals surface area contributed by atoms with E-state index in [1.807, 2.05) is 0 Å². The van der Waals surface area contributed by atoms with E-state index in [1.165, 1.54) is 43.6 Å². The van der Waals surface area contributed by atoms with Gasteiger partial charge < -0.3 is 19.3 Å². The molecule has 1 N–H and O–H groups in total. The molecule has 1 atom stereocenters. The van der Waals surface area contributed by atoms with Crippen molar-refractivity contribution < 1.29 is 33.7 Å². The number of aliphatic hydroxyl groups excluding tert-OH is 1. The number of methoxy groups -OCH3 is 2. The normalized spacial score (nSPS) is 16.7. The fraction of sp³-hybridized carbons (Fsp3) is 0.214. The second-order valence-corrected chi connectivity index (χ2v) is 8.52. The third-order valence-electron chi connectivity index (χ3n) is 5.83. The third kappa shape index (κ3) is 4.88. The molecule has 1 aliphatic rings. The summed E-state index contributed by atoms with van der Waals surface area (Å²) in [7, 11) is 2.90. The van der Waals surface area contributed by atoms with Crippen molar-refractivity contribution in [1.29, 1.82) is 0 Å². The summed E-state index contributed by atoms with van der Waals surface area (Å²) in [4.78, 5) is 44.6. The van der Waals surface area contributed by atoms with Crippen LogP contribution in [0.3, 0.4) is 0 Å². The van der Waals surface area contributed by atoms with Gasteiger partial charge in [-0.25, -0.2) is 4.79 Å². The number of hydrogen-bond donors (Lipinski definition) is 1. The quantitative estimate of drug-likeness (QED) is 0.220. The highest BCUT2D eigenvalue weighted by Crippen LogP contribution is 2.43. The molecule has 190 valence electrons. The maximum Gasteiger partial charge on any atom is 0.338 e. The number of Topliss-reactive ketones (excluding diaryl/α,β-unsaturated/α-hetero) is 1. The topological polar surface area (TPSA) is 115 Å². The Bertz CT molecular complexity index is 1380. The molecule has 4 rings (SSSR count). The number of aliphatic hydroxyl groups is 1. The van der Waals surface area contributed by atoms with Crippen LogP contribution >= 0.6 is 0 Å². The minimum Gasteiger partial charge on any atom is -0.507 e. The highest BCUT2D eigenvalue weighted by molar-refractivity contribution is 6.51. The lowest BCUT2D eigenvalue weighted by Gasteiger charge is -2.26. The number of esters is 1. The SMILES string of the molecule is COc1ccc(OC)c(/C(O)=C2\C(=O)C(=O)N(c3cccc(C(=O)OC(C)C)c3)C2c2ccncc2)c1. The lowest BCUT2D eigenvalue weighted by Crippen LogP contribution is -2.29. The molecular formula is C28H26N2O7. The minimum atomic E-state index is -1.00. The van der Waals surface area contributed by atoms with Crippen molar-refractivity contribution in [2.24, 2.45) is 0 Å². The van der Waals surface area contributed by atoms with Gasteiger partial charge in [0, 0.05) is 18.1 Å². The van der Waals surface area contributed by atoms with Gasteiger partial charge in [0.15, 0.2) is 0 Å². The molecule has 1 aliphatic heterocycles. The second kappa shape index (κ2) is 10.5. The maximum atomic E-state index is 13.4. The first kappa shape index (κ1) is 25.4. The van der Waals surface area contributed by atoms with Crippen molar-refractivity contribution in [1.82, 2.24) is 4.98 Å². The number of rotatable bonds is 7. The van der Waals surface area contributed by atoms with E-state index < -0.39 is 29.5 Å². The van der Waals surface area contributed by atoms with Gasteiger partial charge in [-0.2, -0.15) is 0 Å². The molecule has 0 saturated carbocycles. The Kier molecular flexibility index (Phi) is 7.24. The van der Waals surface area contributed by atoms with E-state index >= 15 is 0 Å². The number of benzene rings is 2. The van der Waals surface area contributed by atoms with Gasteiger partial charge in [-0.3, -0.25) is 19.5 Å². The minimum absolute atomic E-state index is 0.141. The number of aromatic nitrogens is 1. The fourth-order valence-electron chi connectivity index (χ4n) is 4.17. The molecule has 0 aliphatic carbocycles. The molecule has 9 heteroatoms. The standard InChI is InChI=1S/C28H26N2O7/c1-16(2)37-28(34)18-6-5-7-19(14-18)30-24(17-10-12-29-13-11-17)23(26(32)27(30)33)25(31)21-15-20(35-3)8-9-22(21)36-4/h5-16,24,31H,1-4H3/b25-23+. The van der Waals surface area contributed by atoms with Gasteiger partial charge in [0.25, 0.3) is 11.7 Å². The Morgan fingerprint density at radius 3 is 2.38 bits per heavy atom. The lowest BCUT2D eigenvalue weighted by atomic mass is 9.95. The van der Waals surface area contributed by atoms with Gasteiger partial charge >= 0.3 is 5.97 Å². The zero-order valence-corrected chi connectivity index (χ0v) is 20.8. The van der Waals surface area contributed by atoms with Crippen LogP contribution in [-0.4, -0.2) is 48.1 Å². The highest BCUT2D eigenvalue weighted by Gasteiger charge is 2.47. The van der Waals surface area contributed by atoms with Crippen molar-refractivity contribution >= 4 is 29.1 Å².